The molecule has 2 aliphatic rings. The van der Waals surface area contributed by atoms with Crippen molar-refractivity contribution in [2.24, 2.45) is 17.6 Å². The van der Waals surface area contributed by atoms with E-state index in [-0.39, 0.29) is 47.1 Å². The van der Waals surface area contributed by atoms with Gasteiger partial charge in [-0.3, -0.25) is 14.4 Å². The van der Waals surface area contributed by atoms with Crippen molar-refractivity contribution < 1.29 is 24.2 Å². The molecule has 6 N–H and O–H groups in total. The maximum Gasteiger partial charge on any atom is 0.338 e. The standard InChI is InChI=1S/C24H28ClN3O3.C17H21NO3.C7H9ClN2O/c1-14-12-21(29)19(23(25)27-14)13-26-24(30)22-16(3)28(20-7-5-4-6-18(20)22)15(2)17-8-10-31-11-9-17;1-11(13-7-9-21-10-8-13)18-12(2)16(17(19)20)14-5-3-4-6-15(14)18;1-4-2-6(11)5(3-9)7(8)10-4/h4-7,12,15,17H,8-11,13H2,1-3H3,(H,26,30)(H,27,29);3-6,11,13H,7-10H2,1-2H3,(H,19,20);2H,3,9H2,1H3,(H,10,11). The van der Waals surface area contributed by atoms with Crippen LogP contribution in [-0.4, -0.2) is 62.5 Å². The van der Waals surface area contributed by atoms with Crippen molar-refractivity contribution in [1.29, 1.82) is 0 Å². The predicted molar refractivity (Wildman–Crippen MR) is 249 cm³/mol. The van der Waals surface area contributed by atoms with Gasteiger partial charge in [-0.15, -0.1) is 0 Å². The summed E-state index contributed by atoms with van der Waals surface area (Å²) in [6, 6.07) is 19.3. The molecular weight excluding hydrogens is 843 g/mol. The summed E-state index contributed by atoms with van der Waals surface area (Å²) in [5.41, 5.74) is 12.2. The molecule has 15 heteroatoms. The predicted octanol–water partition coefficient (Wildman–Crippen LogP) is 8.95. The lowest BCUT2D eigenvalue weighted by Crippen LogP contribution is -2.28. The first kappa shape index (κ1) is 47.3. The Morgan fingerprint density at radius 3 is 1.57 bits per heavy atom. The minimum absolute atomic E-state index is 0.0712. The summed E-state index contributed by atoms with van der Waals surface area (Å²) in [6.45, 7) is 15.3. The first-order chi connectivity index (χ1) is 30.1. The fraction of sp³-hybridized carbons (Fsp3) is 0.417. The second-order valence-corrected chi connectivity index (χ2v) is 17.2. The molecule has 8 rings (SSSR count). The van der Waals surface area contributed by atoms with Gasteiger partial charge in [-0.25, -0.2) is 4.79 Å². The number of H-pyrrole nitrogens is 2. The number of nitrogens with one attached hydrogen (secondary N) is 3. The molecular formula is C48H58Cl2N6O7. The Morgan fingerprint density at radius 2 is 1.14 bits per heavy atom. The van der Waals surface area contributed by atoms with Crippen LogP contribution in [0.4, 0.5) is 0 Å². The molecule has 2 atom stereocenters. The highest BCUT2D eigenvalue weighted by Crippen LogP contribution is 2.37. The Labute approximate surface area is 376 Å². The van der Waals surface area contributed by atoms with E-state index < -0.39 is 5.97 Å². The highest BCUT2D eigenvalue weighted by Gasteiger charge is 2.29. The van der Waals surface area contributed by atoms with Crippen LogP contribution in [0.25, 0.3) is 21.8 Å². The number of benzene rings is 2. The average Bonchev–Trinajstić information content (AvgIpc) is 3.73. The molecule has 2 aliphatic heterocycles. The van der Waals surface area contributed by atoms with Crippen LogP contribution in [0.15, 0.2) is 70.3 Å². The lowest BCUT2D eigenvalue weighted by molar-refractivity contribution is 0.0515. The fourth-order valence-electron chi connectivity index (χ4n) is 9.17. The number of aryl methyl sites for hydroxylation is 2. The Kier molecular flexibility index (Phi) is 15.8. The van der Waals surface area contributed by atoms with Gasteiger partial charge in [-0.05, 0) is 91.2 Å². The first-order valence-corrected chi connectivity index (χ1v) is 22.2. The second-order valence-electron chi connectivity index (χ2n) is 16.5. The van der Waals surface area contributed by atoms with E-state index >= 15 is 0 Å². The number of halogens is 2. The zero-order valence-corrected chi connectivity index (χ0v) is 38.3. The van der Waals surface area contributed by atoms with Crippen LogP contribution in [0, 0.1) is 39.5 Å². The van der Waals surface area contributed by atoms with E-state index in [1.165, 1.54) is 12.1 Å². The van der Waals surface area contributed by atoms with E-state index in [4.69, 9.17) is 38.4 Å². The van der Waals surface area contributed by atoms with E-state index in [0.717, 1.165) is 91.0 Å². The van der Waals surface area contributed by atoms with Gasteiger partial charge in [0.1, 0.15) is 10.3 Å². The van der Waals surface area contributed by atoms with Crippen molar-refractivity contribution in [2.75, 3.05) is 26.4 Å². The highest BCUT2D eigenvalue weighted by molar-refractivity contribution is 6.30. The number of aromatic nitrogens is 4. The third-order valence-electron chi connectivity index (χ3n) is 12.5. The smallest absolute Gasteiger partial charge is 0.338 e. The summed E-state index contributed by atoms with van der Waals surface area (Å²) in [7, 11) is 0. The van der Waals surface area contributed by atoms with Crippen LogP contribution in [-0.2, 0) is 22.6 Å². The summed E-state index contributed by atoms with van der Waals surface area (Å²) in [6.07, 6.45) is 4.11. The van der Waals surface area contributed by atoms with Crippen molar-refractivity contribution in [2.45, 2.75) is 92.4 Å². The van der Waals surface area contributed by atoms with Gasteiger partial charge in [0.05, 0.1) is 16.7 Å². The highest BCUT2D eigenvalue weighted by atomic mass is 35.5. The quantitative estimate of drug-likeness (QED) is 0.0890. The van der Waals surface area contributed by atoms with E-state index in [2.05, 4.69) is 44.3 Å². The number of aromatic amines is 2. The lowest BCUT2D eigenvalue weighted by Gasteiger charge is -2.30. The maximum absolute atomic E-state index is 13.3. The maximum atomic E-state index is 13.3. The van der Waals surface area contributed by atoms with Crippen LogP contribution in [0.2, 0.25) is 10.3 Å². The average molecular weight is 902 g/mol. The van der Waals surface area contributed by atoms with Crippen LogP contribution in [0.5, 0.6) is 0 Å². The molecule has 2 fully saturated rings. The van der Waals surface area contributed by atoms with E-state index in [0.29, 0.717) is 44.9 Å². The zero-order chi connectivity index (χ0) is 45.5. The van der Waals surface area contributed by atoms with Gasteiger partial charge in [0.2, 0.25) is 0 Å². The topological polar surface area (TPSA) is 186 Å². The molecule has 0 bridgehead atoms. The first-order valence-electron chi connectivity index (χ1n) is 21.5. The minimum atomic E-state index is -0.846. The fourth-order valence-corrected chi connectivity index (χ4v) is 9.80. The number of ether oxygens (including phenoxy) is 2. The number of carbonyl (C=O) groups is 2. The Hall–Kier alpha value is -5.18. The van der Waals surface area contributed by atoms with Crippen LogP contribution < -0.4 is 21.9 Å². The largest absolute Gasteiger partial charge is 0.478 e. The number of pyridine rings is 2. The molecule has 13 nitrogen and oxygen atoms in total. The number of para-hydroxylation sites is 2. The third kappa shape index (κ3) is 10.5. The van der Waals surface area contributed by atoms with Crippen molar-refractivity contribution >= 4 is 56.9 Å². The number of nitrogens with two attached hydrogens (primary N) is 1. The van der Waals surface area contributed by atoms with E-state index in [1.807, 2.05) is 56.3 Å². The summed E-state index contributed by atoms with van der Waals surface area (Å²) in [5, 5.41) is 14.8. The van der Waals surface area contributed by atoms with Gasteiger partial charge >= 0.3 is 5.97 Å². The van der Waals surface area contributed by atoms with Crippen molar-refractivity contribution in [3.05, 3.63) is 136 Å². The number of aromatic carboxylic acids is 1. The molecule has 6 heterocycles. The third-order valence-corrected chi connectivity index (χ3v) is 13.2. The molecule has 2 saturated heterocycles. The number of carboxylic acid groups (broad SMARTS) is 1. The minimum Gasteiger partial charge on any atom is -0.478 e. The monoisotopic (exact) mass is 900 g/mol. The SMILES string of the molecule is Cc1c(C(=O)O)c2ccccc2n1C(C)C1CCOCC1.Cc1cc(=O)c(CN)c(Cl)[nH]1.Cc1cc(=O)c(CNC(=O)c2c(C)n(C(C)C3CCOCC3)c3ccccc23)c(Cl)[nH]1. The lowest BCUT2D eigenvalue weighted by atomic mass is 9.92. The van der Waals surface area contributed by atoms with E-state index in [1.54, 1.807) is 13.8 Å². The van der Waals surface area contributed by atoms with Gasteiger partial charge in [0, 0.05) is 114 Å². The van der Waals surface area contributed by atoms with Crippen LogP contribution >= 0.6 is 23.2 Å². The second kappa shape index (κ2) is 21.0. The molecule has 0 spiro atoms. The van der Waals surface area contributed by atoms with Crippen molar-refractivity contribution in [3.8, 4) is 0 Å². The number of carbonyl (C=O) groups excluding carboxylic acids is 1. The van der Waals surface area contributed by atoms with Crippen molar-refractivity contribution in [1.82, 2.24) is 24.4 Å². The number of carboxylic acids is 1. The van der Waals surface area contributed by atoms with Gasteiger partial charge in [-0.1, -0.05) is 59.6 Å². The molecule has 1 amide bonds. The molecule has 4 aromatic heterocycles. The normalized spacial score (nSPS) is 15.6. The number of rotatable bonds is 9. The van der Waals surface area contributed by atoms with Gasteiger partial charge in [0.25, 0.3) is 5.91 Å². The zero-order valence-electron chi connectivity index (χ0n) is 36.8. The summed E-state index contributed by atoms with van der Waals surface area (Å²) < 4.78 is 15.5. The molecule has 0 radical (unpaired) electrons. The Bertz CT molecular complexity index is 2710. The van der Waals surface area contributed by atoms with Crippen LogP contribution in [0.1, 0.15) is 106 Å². The summed E-state index contributed by atoms with van der Waals surface area (Å²) >= 11 is 11.9. The van der Waals surface area contributed by atoms with E-state index in [9.17, 15) is 24.3 Å². The number of hydrogen-bond acceptors (Lipinski definition) is 7. The molecule has 0 aliphatic carbocycles. The number of amides is 1. The molecule has 0 saturated carbocycles. The summed E-state index contributed by atoms with van der Waals surface area (Å²) in [5.74, 6) is -0.0108. The van der Waals surface area contributed by atoms with Gasteiger partial charge < -0.3 is 44.7 Å². The van der Waals surface area contributed by atoms with Crippen molar-refractivity contribution in [3.63, 3.8) is 0 Å². The summed E-state index contributed by atoms with van der Waals surface area (Å²) in [4.78, 5) is 54.0. The molecule has 2 unspecified atom stereocenters. The number of hydrogen-bond donors (Lipinski definition) is 5. The molecule has 336 valence electrons. The molecule has 6 aromatic rings. The molecule has 63 heavy (non-hydrogen) atoms. The number of fused-ring (bicyclic) bond motifs is 2. The number of nitrogens with zero attached hydrogens (tertiary/aromatic N) is 2. The van der Waals surface area contributed by atoms with Gasteiger partial charge in [0.15, 0.2) is 10.9 Å². The van der Waals surface area contributed by atoms with Gasteiger partial charge in [-0.2, -0.15) is 0 Å². The van der Waals surface area contributed by atoms with Crippen LogP contribution in [0.3, 0.4) is 0 Å². The Morgan fingerprint density at radius 1 is 0.730 bits per heavy atom. The molecule has 2 aromatic carbocycles. The Balaban J connectivity index is 0.000000177.